The molecule has 1 fully saturated rings. The van der Waals surface area contributed by atoms with Gasteiger partial charge in [0.15, 0.2) is 0 Å². The van der Waals surface area contributed by atoms with E-state index >= 15 is 0 Å². The second kappa shape index (κ2) is 6.72. The summed E-state index contributed by atoms with van der Waals surface area (Å²) in [4.78, 5) is 2.64. The minimum Gasteiger partial charge on any atom is -0.296 e. The van der Waals surface area contributed by atoms with Gasteiger partial charge in [0.05, 0.1) is 0 Å². The molecule has 0 aromatic carbocycles. The summed E-state index contributed by atoms with van der Waals surface area (Å²) in [5, 5.41) is 0. The fourth-order valence-corrected chi connectivity index (χ4v) is 2.99. The molecule has 17 heavy (non-hydrogen) atoms. The molecule has 3 N–H and O–H groups in total. The first-order valence-corrected chi connectivity index (χ1v) is 7.29. The molecule has 1 aliphatic rings. The number of nitrogens with one attached hydrogen (secondary N) is 1. The third-order valence-electron chi connectivity index (χ3n) is 4.83. The summed E-state index contributed by atoms with van der Waals surface area (Å²) in [7, 11) is 0. The Hall–Kier alpha value is -0.120. The Morgan fingerprint density at radius 2 is 1.88 bits per heavy atom. The Morgan fingerprint density at radius 3 is 2.29 bits per heavy atom. The van der Waals surface area contributed by atoms with Crippen molar-refractivity contribution in [2.75, 3.05) is 13.1 Å². The summed E-state index contributed by atoms with van der Waals surface area (Å²) in [5.74, 6) is 6.57. The quantitative estimate of drug-likeness (QED) is 0.531. The highest BCUT2D eigenvalue weighted by Crippen LogP contribution is 2.31. The number of rotatable bonds is 7. The fourth-order valence-electron chi connectivity index (χ4n) is 2.99. The molecule has 0 radical (unpaired) electrons. The predicted octanol–water partition coefficient (Wildman–Crippen LogP) is 2.52. The maximum atomic E-state index is 5.83. The minimum atomic E-state index is 0.217. The van der Waals surface area contributed by atoms with Crippen molar-refractivity contribution in [3.63, 3.8) is 0 Å². The van der Waals surface area contributed by atoms with Crippen LogP contribution in [0.3, 0.4) is 0 Å². The molecule has 0 bridgehead atoms. The highest BCUT2D eigenvalue weighted by atomic mass is 15.3. The SMILES string of the molecule is CCC(C)CC(NN)C(C)(CC)N1CCCC1. The second-order valence-corrected chi connectivity index (χ2v) is 5.87. The Labute approximate surface area is 107 Å². The van der Waals surface area contributed by atoms with Crippen LogP contribution >= 0.6 is 0 Å². The van der Waals surface area contributed by atoms with E-state index in [0.29, 0.717) is 6.04 Å². The lowest BCUT2D eigenvalue weighted by atomic mass is 9.82. The van der Waals surface area contributed by atoms with Crippen molar-refractivity contribution < 1.29 is 0 Å². The average molecular weight is 241 g/mol. The number of hydrazine groups is 1. The molecule has 0 saturated carbocycles. The van der Waals surface area contributed by atoms with Crippen molar-refractivity contribution in [2.45, 2.75) is 71.4 Å². The van der Waals surface area contributed by atoms with Crippen LogP contribution in [0.25, 0.3) is 0 Å². The fraction of sp³-hybridized carbons (Fsp3) is 1.00. The van der Waals surface area contributed by atoms with Crippen molar-refractivity contribution in [3.05, 3.63) is 0 Å². The predicted molar refractivity (Wildman–Crippen MR) is 74.7 cm³/mol. The third-order valence-corrected chi connectivity index (χ3v) is 4.83. The van der Waals surface area contributed by atoms with E-state index in [1.807, 2.05) is 0 Å². The number of nitrogens with zero attached hydrogens (tertiary/aromatic N) is 1. The van der Waals surface area contributed by atoms with E-state index in [-0.39, 0.29) is 5.54 Å². The van der Waals surface area contributed by atoms with Gasteiger partial charge in [0, 0.05) is 11.6 Å². The molecule has 3 unspecified atom stereocenters. The molecular weight excluding hydrogens is 210 g/mol. The van der Waals surface area contributed by atoms with Gasteiger partial charge in [0.25, 0.3) is 0 Å². The third kappa shape index (κ3) is 3.43. The van der Waals surface area contributed by atoms with Gasteiger partial charge in [-0.15, -0.1) is 0 Å². The number of likely N-dealkylation sites (tertiary alicyclic amines) is 1. The Kier molecular flexibility index (Phi) is 5.90. The monoisotopic (exact) mass is 241 g/mol. The summed E-state index contributed by atoms with van der Waals surface area (Å²) in [6.45, 7) is 11.7. The lowest BCUT2D eigenvalue weighted by Crippen LogP contribution is -2.60. The van der Waals surface area contributed by atoms with Crippen LogP contribution < -0.4 is 11.3 Å². The maximum Gasteiger partial charge on any atom is 0.0394 e. The van der Waals surface area contributed by atoms with Crippen LogP contribution in [-0.4, -0.2) is 29.6 Å². The molecular formula is C14H31N3. The Bertz CT molecular complexity index is 214. The van der Waals surface area contributed by atoms with Crippen LogP contribution in [-0.2, 0) is 0 Å². The van der Waals surface area contributed by atoms with E-state index in [2.05, 4.69) is 38.0 Å². The van der Waals surface area contributed by atoms with Gasteiger partial charge >= 0.3 is 0 Å². The topological polar surface area (TPSA) is 41.3 Å². The first-order valence-electron chi connectivity index (χ1n) is 7.29. The number of hydrogen-bond donors (Lipinski definition) is 2. The standard InChI is InChI=1S/C14H31N3/c1-5-12(3)11-13(16-15)14(4,6-2)17-9-7-8-10-17/h12-13,16H,5-11,15H2,1-4H3. The molecule has 3 atom stereocenters. The largest absolute Gasteiger partial charge is 0.296 e. The van der Waals surface area contributed by atoms with Crippen LogP contribution in [0.5, 0.6) is 0 Å². The van der Waals surface area contributed by atoms with E-state index in [1.54, 1.807) is 0 Å². The van der Waals surface area contributed by atoms with Gasteiger partial charge in [-0.05, 0) is 51.6 Å². The molecule has 0 aromatic rings. The first kappa shape index (κ1) is 14.9. The van der Waals surface area contributed by atoms with E-state index in [0.717, 1.165) is 12.3 Å². The molecule has 0 aromatic heterocycles. The molecule has 3 heteroatoms. The highest BCUT2D eigenvalue weighted by molar-refractivity contribution is 4.97. The molecule has 0 amide bonds. The van der Waals surface area contributed by atoms with Crippen molar-refractivity contribution in [1.29, 1.82) is 0 Å². The normalized spacial score (nSPS) is 24.5. The van der Waals surface area contributed by atoms with Gasteiger partial charge in [-0.1, -0.05) is 27.2 Å². The molecule has 1 aliphatic heterocycles. The number of hydrogen-bond acceptors (Lipinski definition) is 3. The van der Waals surface area contributed by atoms with Crippen molar-refractivity contribution in [1.82, 2.24) is 10.3 Å². The summed E-state index contributed by atoms with van der Waals surface area (Å²) >= 11 is 0. The van der Waals surface area contributed by atoms with Gasteiger partial charge in [0.2, 0.25) is 0 Å². The van der Waals surface area contributed by atoms with Gasteiger partial charge in [0.1, 0.15) is 0 Å². The van der Waals surface area contributed by atoms with Crippen LogP contribution in [0.1, 0.15) is 59.8 Å². The molecule has 3 nitrogen and oxygen atoms in total. The zero-order chi connectivity index (χ0) is 12.9. The maximum absolute atomic E-state index is 5.83. The van der Waals surface area contributed by atoms with Crippen LogP contribution in [0, 0.1) is 5.92 Å². The van der Waals surface area contributed by atoms with Crippen LogP contribution in [0.2, 0.25) is 0 Å². The van der Waals surface area contributed by atoms with E-state index in [9.17, 15) is 0 Å². The molecule has 0 aliphatic carbocycles. The number of nitrogens with two attached hydrogens (primary N) is 1. The molecule has 102 valence electrons. The summed E-state index contributed by atoms with van der Waals surface area (Å²) in [6.07, 6.45) is 6.26. The van der Waals surface area contributed by atoms with Gasteiger partial charge in [-0.2, -0.15) is 0 Å². The Morgan fingerprint density at radius 1 is 1.29 bits per heavy atom. The summed E-state index contributed by atoms with van der Waals surface area (Å²) in [5.41, 5.74) is 3.31. The first-order chi connectivity index (χ1) is 8.08. The Balaban J connectivity index is 2.72. The minimum absolute atomic E-state index is 0.217. The van der Waals surface area contributed by atoms with Crippen LogP contribution in [0.15, 0.2) is 0 Å². The van der Waals surface area contributed by atoms with Crippen LogP contribution in [0.4, 0.5) is 0 Å². The van der Waals surface area contributed by atoms with Gasteiger partial charge < -0.3 is 0 Å². The summed E-state index contributed by atoms with van der Waals surface area (Å²) in [6, 6.07) is 0.403. The van der Waals surface area contributed by atoms with Gasteiger partial charge in [-0.25, -0.2) is 0 Å². The van der Waals surface area contributed by atoms with Crippen molar-refractivity contribution in [2.24, 2.45) is 11.8 Å². The highest BCUT2D eigenvalue weighted by Gasteiger charge is 2.39. The van der Waals surface area contributed by atoms with E-state index in [1.165, 1.54) is 38.8 Å². The van der Waals surface area contributed by atoms with E-state index in [4.69, 9.17) is 5.84 Å². The zero-order valence-electron chi connectivity index (χ0n) is 12.1. The molecule has 1 heterocycles. The molecule has 0 spiro atoms. The average Bonchev–Trinajstić information content (AvgIpc) is 2.88. The smallest absolute Gasteiger partial charge is 0.0394 e. The van der Waals surface area contributed by atoms with Crippen molar-refractivity contribution >= 4 is 0 Å². The van der Waals surface area contributed by atoms with E-state index < -0.39 is 0 Å². The second-order valence-electron chi connectivity index (χ2n) is 5.87. The lowest BCUT2D eigenvalue weighted by Gasteiger charge is -2.45. The molecule has 1 rings (SSSR count). The molecule has 1 saturated heterocycles. The van der Waals surface area contributed by atoms with Crippen molar-refractivity contribution in [3.8, 4) is 0 Å². The summed E-state index contributed by atoms with van der Waals surface area (Å²) < 4.78 is 0. The lowest BCUT2D eigenvalue weighted by molar-refractivity contribution is 0.0734. The van der Waals surface area contributed by atoms with Gasteiger partial charge in [-0.3, -0.25) is 16.2 Å². The zero-order valence-corrected chi connectivity index (χ0v) is 12.1.